The number of imide groups is 1. The van der Waals surface area contributed by atoms with E-state index in [0.717, 1.165) is 5.56 Å². The Morgan fingerprint density at radius 2 is 1.81 bits per heavy atom. The zero-order valence-electron chi connectivity index (χ0n) is 9.08. The van der Waals surface area contributed by atoms with Crippen LogP contribution < -0.4 is 10.6 Å². The van der Waals surface area contributed by atoms with E-state index in [1.165, 1.54) is 6.92 Å². The van der Waals surface area contributed by atoms with Gasteiger partial charge >= 0.3 is 6.03 Å². The van der Waals surface area contributed by atoms with E-state index < -0.39 is 17.3 Å². The van der Waals surface area contributed by atoms with Gasteiger partial charge in [0.25, 0.3) is 0 Å². The van der Waals surface area contributed by atoms with Crippen molar-refractivity contribution in [3.8, 4) is 0 Å². The lowest BCUT2D eigenvalue weighted by molar-refractivity contribution is -0.119. The topological polar surface area (TPSA) is 58.2 Å². The lowest BCUT2D eigenvalue weighted by atomic mass is 10.2. The third-order valence-corrected chi connectivity index (χ3v) is 2.11. The number of nitrogens with one attached hydrogen (secondary N) is 2. The number of aryl methyl sites for hydroxylation is 1. The van der Waals surface area contributed by atoms with Crippen LogP contribution in [0.2, 0.25) is 0 Å². The Balaban J connectivity index is 2.52. The summed E-state index contributed by atoms with van der Waals surface area (Å²) in [6.07, 6.45) is 0. The van der Waals surface area contributed by atoms with Gasteiger partial charge in [-0.05, 0) is 26.0 Å². The molecule has 0 aliphatic heterocycles. The predicted molar refractivity (Wildman–Crippen MR) is 63.7 cm³/mol. The summed E-state index contributed by atoms with van der Waals surface area (Å²) in [5.74, 6) is -0.522. The Morgan fingerprint density at radius 3 is 2.31 bits per heavy atom. The molecule has 0 aliphatic carbocycles. The summed E-state index contributed by atoms with van der Waals surface area (Å²) < 4.78 is 0. The number of anilines is 1. The minimum absolute atomic E-state index is 0.522. The van der Waals surface area contributed by atoms with E-state index in [1.807, 2.05) is 19.1 Å². The molecule has 0 radical (unpaired) electrons. The number of benzene rings is 1. The molecule has 0 bridgehead atoms. The van der Waals surface area contributed by atoms with Crippen LogP contribution in [-0.2, 0) is 4.79 Å². The maximum Gasteiger partial charge on any atom is 0.325 e. The number of rotatable bonds is 2. The largest absolute Gasteiger partial charge is 0.325 e. The monoisotopic (exact) mass is 240 g/mol. The molecule has 0 unspecified atom stereocenters. The maximum absolute atomic E-state index is 11.3. The van der Waals surface area contributed by atoms with E-state index in [-0.39, 0.29) is 0 Å². The van der Waals surface area contributed by atoms with Crippen LogP contribution in [-0.4, -0.2) is 17.3 Å². The number of amides is 3. The van der Waals surface area contributed by atoms with Gasteiger partial charge in [0.2, 0.25) is 5.91 Å². The summed E-state index contributed by atoms with van der Waals surface area (Å²) in [6.45, 7) is 3.44. The van der Waals surface area contributed by atoms with Crippen LogP contribution in [0.4, 0.5) is 10.5 Å². The molecule has 3 amide bonds. The summed E-state index contributed by atoms with van der Waals surface area (Å²) >= 11 is 5.50. The van der Waals surface area contributed by atoms with Crippen LogP contribution in [0.25, 0.3) is 0 Å². The fourth-order valence-electron chi connectivity index (χ4n) is 1.01. The number of carbonyl (C=O) groups is 2. The van der Waals surface area contributed by atoms with Gasteiger partial charge in [0, 0.05) is 5.69 Å². The summed E-state index contributed by atoms with van der Waals surface area (Å²) in [7, 11) is 0. The SMILES string of the molecule is Cc1ccc(NC(=O)NC(=O)[C@@H](C)Cl)cc1. The fourth-order valence-corrected chi connectivity index (χ4v) is 1.07. The molecule has 86 valence electrons. The van der Waals surface area contributed by atoms with Crippen LogP contribution in [0.1, 0.15) is 12.5 Å². The molecular weight excluding hydrogens is 228 g/mol. The average molecular weight is 241 g/mol. The molecular formula is C11H13ClN2O2. The molecule has 1 aromatic carbocycles. The van der Waals surface area contributed by atoms with Crippen molar-refractivity contribution in [2.45, 2.75) is 19.2 Å². The summed E-state index contributed by atoms with van der Waals surface area (Å²) in [4.78, 5) is 22.4. The van der Waals surface area contributed by atoms with Crippen molar-refractivity contribution in [2.24, 2.45) is 0 Å². The van der Waals surface area contributed by atoms with E-state index in [1.54, 1.807) is 12.1 Å². The summed E-state index contributed by atoms with van der Waals surface area (Å²) in [5, 5.41) is 3.91. The van der Waals surface area contributed by atoms with E-state index in [0.29, 0.717) is 5.69 Å². The van der Waals surface area contributed by atoms with Crippen molar-refractivity contribution in [1.82, 2.24) is 5.32 Å². The molecule has 0 spiro atoms. The summed E-state index contributed by atoms with van der Waals surface area (Å²) in [5.41, 5.74) is 1.72. The number of carbonyl (C=O) groups excluding carboxylic acids is 2. The number of hydrogen-bond acceptors (Lipinski definition) is 2. The first-order chi connectivity index (χ1) is 7.49. The van der Waals surface area contributed by atoms with Gasteiger partial charge in [0.05, 0.1) is 0 Å². The summed E-state index contributed by atoms with van der Waals surface area (Å²) in [6, 6.07) is 6.65. The molecule has 1 rings (SSSR count). The van der Waals surface area contributed by atoms with E-state index in [9.17, 15) is 9.59 Å². The smallest absolute Gasteiger partial charge is 0.308 e. The quantitative estimate of drug-likeness (QED) is 0.779. The normalized spacial score (nSPS) is 11.7. The molecule has 5 heteroatoms. The fraction of sp³-hybridized carbons (Fsp3) is 0.273. The number of hydrogen-bond donors (Lipinski definition) is 2. The Bertz CT molecular complexity index is 387. The molecule has 2 N–H and O–H groups in total. The van der Waals surface area contributed by atoms with Crippen LogP contribution in [0, 0.1) is 6.92 Å². The molecule has 1 atom stereocenters. The molecule has 16 heavy (non-hydrogen) atoms. The van der Waals surface area contributed by atoms with E-state index >= 15 is 0 Å². The van der Waals surface area contributed by atoms with Crippen molar-refractivity contribution >= 4 is 29.2 Å². The number of alkyl halides is 1. The predicted octanol–water partition coefficient (Wildman–Crippen LogP) is 2.27. The van der Waals surface area contributed by atoms with E-state index in [2.05, 4.69) is 10.6 Å². The highest BCUT2D eigenvalue weighted by Gasteiger charge is 2.12. The van der Waals surface area contributed by atoms with Crippen molar-refractivity contribution in [2.75, 3.05) is 5.32 Å². The third kappa shape index (κ3) is 3.90. The molecule has 0 fully saturated rings. The lowest BCUT2D eigenvalue weighted by Crippen LogP contribution is -2.38. The molecule has 0 aliphatic rings. The zero-order chi connectivity index (χ0) is 12.1. The van der Waals surface area contributed by atoms with Gasteiger partial charge in [-0.2, -0.15) is 0 Å². The van der Waals surface area contributed by atoms with E-state index in [4.69, 9.17) is 11.6 Å². The second-order valence-electron chi connectivity index (χ2n) is 3.43. The molecule has 0 heterocycles. The first kappa shape index (κ1) is 12.5. The van der Waals surface area contributed by atoms with Crippen LogP contribution in [0.3, 0.4) is 0 Å². The Labute approximate surface area is 99.0 Å². The minimum Gasteiger partial charge on any atom is -0.308 e. The van der Waals surface area contributed by atoms with Gasteiger partial charge in [-0.1, -0.05) is 17.7 Å². The second-order valence-corrected chi connectivity index (χ2v) is 4.08. The van der Waals surface area contributed by atoms with Crippen molar-refractivity contribution in [3.05, 3.63) is 29.8 Å². The Hall–Kier alpha value is -1.55. The molecule has 4 nitrogen and oxygen atoms in total. The lowest BCUT2D eigenvalue weighted by Gasteiger charge is -2.07. The van der Waals surface area contributed by atoms with Crippen LogP contribution in [0.15, 0.2) is 24.3 Å². The van der Waals surface area contributed by atoms with Gasteiger partial charge in [0.15, 0.2) is 0 Å². The zero-order valence-corrected chi connectivity index (χ0v) is 9.84. The standard InChI is InChI=1S/C11H13ClN2O2/c1-7-3-5-9(6-4-7)13-11(16)14-10(15)8(2)12/h3-6,8H,1-2H3,(H2,13,14,15,16)/t8-/m1/s1. The third-order valence-electron chi connectivity index (χ3n) is 1.91. The van der Waals surface area contributed by atoms with Gasteiger partial charge in [0.1, 0.15) is 5.38 Å². The highest BCUT2D eigenvalue weighted by molar-refractivity contribution is 6.31. The maximum atomic E-state index is 11.3. The Kier molecular flexibility index (Phi) is 4.31. The molecule has 0 saturated carbocycles. The number of halogens is 1. The number of urea groups is 1. The first-order valence-corrected chi connectivity index (χ1v) is 5.25. The molecule has 1 aromatic rings. The van der Waals surface area contributed by atoms with Crippen LogP contribution >= 0.6 is 11.6 Å². The van der Waals surface area contributed by atoms with Gasteiger partial charge in [-0.25, -0.2) is 4.79 Å². The second kappa shape index (κ2) is 5.51. The highest BCUT2D eigenvalue weighted by atomic mass is 35.5. The van der Waals surface area contributed by atoms with Gasteiger partial charge < -0.3 is 5.32 Å². The van der Waals surface area contributed by atoms with Crippen LogP contribution in [0.5, 0.6) is 0 Å². The first-order valence-electron chi connectivity index (χ1n) is 4.81. The van der Waals surface area contributed by atoms with Crippen molar-refractivity contribution < 1.29 is 9.59 Å². The minimum atomic E-state index is -0.733. The average Bonchev–Trinajstić information content (AvgIpc) is 2.21. The molecule has 0 aromatic heterocycles. The highest BCUT2D eigenvalue weighted by Crippen LogP contribution is 2.08. The van der Waals surface area contributed by atoms with Crippen molar-refractivity contribution in [1.29, 1.82) is 0 Å². The Morgan fingerprint density at radius 1 is 1.25 bits per heavy atom. The van der Waals surface area contributed by atoms with Crippen molar-refractivity contribution in [3.63, 3.8) is 0 Å². The molecule has 0 saturated heterocycles. The van der Waals surface area contributed by atoms with Gasteiger partial charge in [-0.3, -0.25) is 10.1 Å². The van der Waals surface area contributed by atoms with Gasteiger partial charge in [-0.15, -0.1) is 11.6 Å².